The molecule has 0 aliphatic rings. The molecule has 0 saturated heterocycles. The summed E-state index contributed by atoms with van der Waals surface area (Å²) in [5.74, 6) is -0.553. The summed E-state index contributed by atoms with van der Waals surface area (Å²) in [6.07, 6.45) is 0. The van der Waals surface area contributed by atoms with Gasteiger partial charge in [0.1, 0.15) is 11.4 Å². The second-order valence-corrected chi connectivity index (χ2v) is 4.84. The first kappa shape index (κ1) is 13.9. The lowest BCUT2D eigenvalue weighted by molar-refractivity contribution is 0.464. The van der Waals surface area contributed by atoms with Crippen LogP contribution in [0.4, 0.5) is 10.1 Å². The third-order valence-corrected chi connectivity index (χ3v) is 3.08. The summed E-state index contributed by atoms with van der Waals surface area (Å²) in [5.41, 5.74) is 1.85. The summed E-state index contributed by atoms with van der Waals surface area (Å²) in [6.45, 7) is 2.11. The lowest BCUT2D eigenvalue weighted by Gasteiger charge is -2.09. The lowest BCUT2D eigenvalue weighted by atomic mass is 10.2. The monoisotopic (exact) mass is 300 g/mol. The Labute approximate surface area is 120 Å². The molecule has 100 valence electrons. The van der Waals surface area contributed by atoms with E-state index < -0.39 is 5.82 Å². The van der Waals surface area contributed by atoms with Gasteiger partial charge in [-0.25, -0.2) is 4.39 Å². The molecule has 0 aliphatic heterocycles. The van der Waals surface area contributed by atoms with Crippen LogP contribution in [0.5, 0.6) is 5.75 Å². The number of aromatic nitrogens is 1. The van der Waals surface area contributed by atoms with Gasteiger partial charge in [-0.1, -0.05) is 23.2 Å². The van der Waals surface area contributed by atoms with Gasteiger partial charge in [0.25, 0.3) is 0 Å². The van der Waals surface area contributed by atoms with Crippen molar-refractivity contribution in [2.24, 2.45) is 0 Å². The second-order valence-electron chi connectivity index (χ2n) is 4.03. The Kier molecular flexibility index (Phi) is 4.12. The van der Waals surface area contributed by atoms with Crippen LogP contribution >= 0.6 is 23.2 Å². The molecule has 1 aromatic heterocycles. The average molecular weight is 301 g/mol. The number of rotatable bonds is 3. The molecule has 6 heteroatoms. The molecule has 2 rings (SSSR count). The van der Waals surface area contributed by atoms with Gasteiger partial charge in [0.05, 0.1) is 16.6 Å². The summed E-state index contributed by atoms with van der Waals surface area (Å²) in [7, 11) is 0. The Balaban J connectivity index is 2.17. The second kappa shape index (κ2) is 5.63. The zero-order valence-electron chi connectivity index (χ0n) is 10.0. The molecule has 0 amide bonds. The van der Waals surface area contributed by atoms with E-state index in [9.17, 15) is 9.50 Å². The highest BCUT2D eigenvalue weighted by Gasteiger charge is 2.08. The minimum atomic E-state index is -0.648. The number of hydrogen-bond acceptors (Lipinski definition) is 3. The maximum Gasteiger partial charge on any atom is 0.160 e. The van der Waals surface area contributed by atoms with E-state index in [4.69, 9.17) is 23.2 Å². The maximum absolute atomic E-state index is 13.2. The van der Waals surface area contributed by atoms with E-state index in [1.54, 1.807) is 12.1 Å². The van der Waals surface area contributed by atoms with Crippen LogP contribution in [-0.4, -0.2) is 10.1 Å². The molecule has 19 heavy (non-hydrogen) atoms. The Morgan fingerprint density at radius 3 is 2.53 bits per heavy atom. The van der Waals surface area contributed by atoms with Crippen LogP contribution in [0.2, 0.25) is 10.0 Å². The van der Waals surface area contributed by atoms with Gasteiger partial charge >= 0.3 is 0 Å². The molecule has 2 aromatic rings. The number of aromatic hydroxyl groups is 1. The maximum atomic E-state index is 13.2. The molecular weight excluding hydrogens is 290 g/mol. The van der Waals surface area contributed by atoms with Crippen molar-refractivity contribution in [2.75, 3.05) is 5.32 Å². The third kappa shape index (κ3) is 3.28. The zero-order valence-corrected chi connectivity index (χ0v) is 11.6. The number of hydrogen-bond donors (Lipinski definition) is 2. The quantitative estimate of drug-likeness (QED) is 0.837. The molecule has 2 N–H and O–H groups in total. The van der Waals surface area contributed by atoms with Gasteiger partial charge in [-0.2, -0.15) is 0 Å². The molecular formula is C13H11Cl2FN2O. The van der Waals surface area contributed by atoms with Crippen molar-refractivity contribution in [1.82, 2.24) is 4.98 Å². The largest absolute Gasteiger partial charge is 0.506 e. The van der Waals surface area contributed by atoms with Crippen molar-refractivity contribution in [3.05, 3.63) is 51.5 Å². The number of halogens is 3. The van der Waals surface area contributed by atoms with Crippen LogP contribution in [0.15, 0.2) is 24.3 Å². The summed E-state index contributed by atoms with van der Waals surface area (Å²) in [4.78, 5) is 4.20. The predicted molar refractivity (Wildman–Crippen MR) is 74.4 cm³/mol. The summed E-state index contributed by atoms with van der Waals surface area (Å²) < 4.78 is 13.2. The molecule has 3 nitrogen and oxygen atoms in total. The molecule has 0 spiro atoms. The number of nitrogens with one attached hydrogen (secondary N) is 1. The molecule has 0 saturated carbocycles. The van der Waals surface area contributed by atoms with Crippen molar-refractivity contribution in [1.29, 1.82) is 0 Å². The molecule has 0 unspecified atom stereocenters. The Hall–Kier alpha value is -1.52. The van der Waals surface area contributed by atoms with E-state index in [0.717, 1.165) is 5.69 Å². The van der Waals surface area contributed by atoms with Gasteiger partial charge in [0.2, 0.25) is 0 Å². The van der Waals surface area contributed by atoms with Gasteiger partial charge in [-0.3, -0.25) is 4.98 Å². The van der Waals surface area contributed by atoms with Crippen molar-refractivity contribution in [3.8, 4) is 5.75 Å². The molecule has 0 radical (unpaired) electrons. The van der Waals surface area contributed by atoms with E-state index in [1.807, 2.05) is 6.92 Å². The van der Waals surface area contributed by atoms with Crippen LogP contribution < -0.4 is 5.32 Å². The molecule has 0 aliphatic carbocycles. The van der Waals surface area contributed by atoms with Crippen LogP contribution in [0, 0.1) is 12.7 Å². The van der Waals surface area contributed by atoms with Gasteiger partial charge in [-0.15, -0.1) is 0 Å². The topological polar surface area (TPSA) is 45.1 Å². The Bertz CT molecular complexity index is 597. The normalized spacial score (nSPS) is 10.5. The highest BCUT2D eigenvalue weighted by atomic mass is 35.5. The summed E-state index contributed by atoms with van der Waals surface area (Å²) >= 11 is 11.4. The van der Waals surface area contributed by atoms with Crippen LogP contribution in [0.3, 0.4) is 0 Å². The van der Waals surface area contributed by atoms with E-state index in [2.05, 4.69) is 10.3 Å². The van der Waals surface area contributed by atoms with E-state index in [0.29, 0.717) is 11.4 Å². The van der Waals surface area contributed by atoms with E-state index >= 15 is 0 Å². The van der Waals surface area contributed by atoms with Gasteiger partial charge in [-0.05, 0) is 31.2 Å². The van der Waals surface area contributed by atoms with E-state index in [-0.39, 0.29) is 22.3 Å². The first-order valence-electron chi connectivity index (χ1n) is 5.51. The fraction of sp³-hybridized carbons (Fsp3) is 0.154. The predicted octanol–water partition coefficient (Wildman–Crippen LogP) is 4.15. The van der Waals surface area contributed by atoms with Crippen LogP contribution in [-0.2, 0) is 6.54 Å². The van der Waals surface area contributed by atoms with E-state index in [1.165, 1.54) is 12.1 Å². The Morgan fingerprint density at radius 2 is 1.89 bits per heavy atom. The number of pyridine rings is 1. The van der Waals surface area contributed by atoms with Gasteiger partial charge in [0.15, 0.2) is 5.82 Å². The standard InChI is InChI=1S/C13H11Cl2FN2O/c1-7-2-3-12(19)11(18-7)6-17-8-4-9(14)13(16)10(15)5-8/h2-5,17,19H,6H2,1H3. The van der Waals surface area contributed by atoms with Crippen LogP contribution in [0.25, 0.3) is 0 Å². The minimum absolute atomic E-state index is 0.0589. The first-order valence-corrected chi connectivity index (χ1v) is 6.27. The average Bonchev–Trinajstić information content (AvgIpc) is 2.37. The summed E-state index contributed by atoms with van der Waals surface area (Å²) in [6, 6.07) is 6.14. The number of benzene rings is 1. The lowest BCUT2D eigenvalue weighted by Crippen LogP contribution is -2.03. The minimum Gasteiger partial charge on any atom is -0.506 e. The van der Waals surface area contributed by atoms with Gasteiger partial charge < -0.3 is 10.4 Å². The van der Waals surface area contributed by atoms with Crippen molar-refractivity contribution in [3.63, 3.8) is 0 Å². The van der Waals surface area contributed by atoms with Crippen molar-refractivity contribution < 1.29 is 9.50 Å². The third-order valence-electron chi connectivity index (χ3n) is 2.53. The SMILES string of the molecule is Cc1ccc(O)c(CNc2cc(Cl)c(F)c(Cl)c2)n1. The van der Waals surface area contributed by atoms with Crippen molar-refractivity contribution >= 4 is 28.9 Å². The molecule has 0 fully saturated rings. The highest BCUT2D eigenvalue weighted by molar-refractivity contribution is 6.35. The Morgan fingerprint density at radius 1 is 1.26 bits per heavy atom. The molecule has 0 bridgehead atoms. The molecule has 1 aromatic carbocycles. The highest BCUT2D eigenvalue weighted by Crippen LogP contribution is 2.27. The number of nitrogens with zero attached hydrogens (tertiary/aromatic N) is 1. The molecule has 1 heterocycles. The van der Waals surface area contributed by atoms with Gasteiger partial charge in [0, 0.05) is 11.4 Å². The first-order chi connectivity index (χ1) is 8.97. The fourth-order valence-corrected chi connectivity index (χ4v) is 2.06. The smallest absolute Gasteiger partial charge is 0.160 e. The zero-order chi connectivity index (χ0) is 14.0. The number of anilines is 1. The fourth-order valence-electron chi connectivity index (χ4n) is 1.58. The number of aryl methyl sites for hydroxylation is 1. The molecule has 0 atom stereocenters. The van der Waals surface area contributed by atoms with Crippen molar-refractivity contribution in [2.45, 2.75) is 13.5 Å². The van der Waals surface area contributed by atoms with Crippen LogP contribution in [0.1, 0.15) is 11.4 Å². The summed E-state index contributed by atoms with van der Waals surface area (Å²) in [5, 5.41) is 12.5.